The number of benzene rings is 2. The van der Waals surface area contributed by atoms with Gasteiger partial charge < -0.3 is 19.5 Å². The summed E-state index contributed by atoms with van der Waals surface area (Å²) in [7, 11) is 2.55. The normalized spacial score (nSPS) is 12.0. The minimum Gasteiger partial charge on any atom is -0.496 e. The highest BCUT2D eigenvalue weighted by Gasteiger charge is 2.41. The monoisotopic (exact) mass is 679 g/mol. The molecule has 0 bridgehead atoms. The number of amides is 1. The smallest absolute Gasteiger partial charge is 0.471 e. The topological polar surface area (TPSA) is 99.6 Å². The summed E-state index contributed by atoms with van der Waals surface area (Å²) in [6.07, 6.45) is -5.02. The van der Waals surface area contributed by atoms with Crippen molar-refractivity contribution < 1.29 is 37.0 Å². The van der Waals surface area contributed by atoms with Gasteiger partial charge in [-0.15, -0.1) is 5.10 Å². The van der Waals surface area contributed by atoms with Crippen LogP contribution in [0.2, 0.25) is 5.15 Å². The Balaban J connectivity index is 1.83. The number of carbonyl (C=O) groups is 2. The van der Waals surface area contributed by atoms with Gasteiger partial charge in [0.05, 0.1) is 28.9 Å². The maximum Gasteiger partial charge on any atom is 0.471 e. The molecule has 0 radical (unpaired) electrons. The molecular formula is C24H19Br2ClF3N3O5. The number of halogens is 6. The molecule has 1 aromatic heterocycles. The third-order valence-corrected chi connectivity index (χ3v) is 6.46. The van der Waals surface area contributed by atoms with Crippen molar-refractivity contribution in [2.24, 2.45) is 0 Å². The summed E-state index contributed by atoms with van der Waals surface area (Å²) < 4.78 is 55.0. The zero-order valence-corrected chi connectivity index (χ0v) is 23.7. The molecule has 38 heavy (non-hydrogen) atoms. The summed E-state index contributed by atoms with van der Waals surface area (Å²) in [6, 6.07) is 10.1. The third kappa shape index (κ3) is 7.81. The number of alkyl halides is 3. The second kappa shape index (κ2) is 12.8. The van der Waals surface area contributed by atoms with Crippen molar-refractivity contribution in [3.8, 4) is 17.2 Å². The zero-order valence-electron chi connectivity index (χ0n) is 19.7. The molecule has 14 heteroatoms. The molecule has 0 aliphatic carbocycles. The Hall–Kier alpha value is -2.90. The highest BCUT2D eigenvalue weighted by atomic mass is 79.9. The maximum absolute atomic E-state index is 12.7. The lowest BCUT2D eigenvalue weighted by molar-refractivity contribution is -0.175. The summed E-state index contributed by atoms with van der Waals surface area (Å²) >= 11 is 12.6. The van der Waals surface area contributed by atoms with E-state index >= 15 is 0 Å². The van der Waals surface area contributed by atoms with Gasteiger partial charge in [-0.25, -0.2) is 4.79 Å². The van der Waals surface area contributed by atoms with Crippen LogP contribution in [0.1, 0.15) is 16.8 Å². The number of ether oxygens (including phenoxy) is 3. The van der Waals surface area contributed by atoms with Gasteiger partial charge in [-0.3, -0.25) is 4.79 Å². The van der Waals surface area contributed by atoms with E-state index in [1.165, 1.54) is 7.11 Å². The van der Waals surface area contributed by atoms with Gasteiger partial charge in [-0.2, -0.15) is 18.3 Å². The third-order valence-electron chi connectivity index (χ3n) is 5.08. The van der Waals surface area contributed by atoms with E-state index in [1.807, 2.05) is 0 Å². The van der Waals surface area contributed by atoms with Gasteiger partial charge in [-0.05, 0) is 79.9 Å². The number of hydrogen-bond acceptors (Lipinski definition) is 7. The van der Waals surface area contributed by atoms with Gasteiger partial charge in [0.25, 0.3) is 0 Å². The van der Waals surface area contributed by atoms with Crippen molar-refractivity contribution in [3.05, 3.63) is 73.4 Å². The Morgan fingerprint density at radius 3 is 2.29 bits per heavy atom. The van der Waals surface area contributed by atoms with Crippen LogP contribution in [0.25, 0.3) is 0 Å². The number of rotatable bonds is 9. The first-order chi connectivity index (χ1) is 17.9. The Labute approximate surface area is 237 Å². The Kier molecular flexibility index (Phi) is 9.96. The number of nitrogens with one attached hydrogen (secondary N) is 1. The highest BCUT2D eigenvalue weighted by molar-refractivity contribution is 9.11. The van der Waals surface area contributed by atoms with Crippen LogP contribution in [0.3, 0.4) is 0 Å². The van der Waals surface area contributed by atoms with Crippen molar-refractivity contribution in [2.75, 3.05) is 14.2 Å². The average Bonchev–Trinajstić information content (AvgIpc) is 2.86. The van der Waals surface area contributed by atoms with E-state index in [-0.39, 0.29) is 11.6 Å². The standard InChI is InChI=1S/C24H19Br2ClF3N3O5/c1-36-19-5-4-15(11-13(19)10-14-3-6-20(27)33-32-14)38-21-16(25)7-12(8-17(21)26)9-18(22(34)37-2)31-23(35)24(28,29)30/h3-8,11,18H,9-10H2,1-2H3,(H,31,35)/t18-/m0/s1. The molecule has 3 rings (SSSR count). The van der Waals surface area contributed by atoms with Crippen LogP contribution >= 0.6 is 43.5 Å². The molecule has 1 heterocycles. The van der Waals surface area contributed by atoms with Gasteiger partial charge in [0, 0.05) is 18.4 Å². The zero-order chi connectivity index (χ0) is 28.0. The molecule has 1 amide bonds. The van der Waals surface area contributed by atoms with Crippen LogP contribution in [0.4, 0.5) is 13.2 Å². The molecule has 3 aromatic rings. The first-order valence-electron chi connectivity index (χ1n) is 10.7. The molecule has 8 nitrogen and oxygen atoms in total. The summed E-state index contributed by atoms with van der Waals surface area (Å²) in [5.74, 6) is -1.83. The van der Waals surface area contributed by atoms with E-state index in [1.54, 1.807) is 47.8 Å². The molecule has 0 aliphatic heterocycles. The SMILES string of the molecule is COC(=O)[C@H](Cc1cc(Br)c(Oc2ccc(OC)c(Cc3ccc(Cl)nn3)c2)c(Br)c1)NC(=O)C(F)(F)F. The predicted octanol–water partition coefficient (Wildman–Crippen LogP) is 5.81. The number of esters is 1. The van der Waals surface area contributed by atoms with Crippen LogP contribution in [-0.4, -0.2) is 48.5 Å². The van der Waals surface area contributed by atoms with Gasteiger partial charge in [0.2, 0.25) is 0 Å². The summed E-state index contributed by atoms with van der Waals surface area (Å²) in [5, 5.41) is 9.83. The maximum atomic E-state index is 12.7. The number of methoxy groups -OCH3 is 2. The number of nitrogens with zero attached hydrogens (tertiary/aromatic N) is 2. The van der Waals surface area contributed by atoms with Crippen molar-refractivity contribution in [1.29, 1.82) is 0 Å². The Morgan fingerprint density at radius 1 is 1.05 bits per heavy atom. The molecular weight excluding hydrogens is 663 g/mol. The molecule has 0 unspecified atom stereocenters. The largest absolute Gasteiger partial charge is 0.496 e. The van der Waals surface area contributed by atoms with Gasteiger partial charge >= 0.3 is 18.1 Å². The van der Waals surface area contributed by atoms with E-state index in [4.69, 9.17) is 21.1 Å². The van der Waals surface area contributed by atoms with Crippen LogP contribution in [0.5, 0.6) is 17.2 Å². The molecule has 0 aliphatic rings. The Morgan fingerprint density at radius 2 is 1.74 bits per heavy atom. The lowest BCUT2D eigenvalue weighted by Gasteiger charge is -2.19. The van der Waals surface area contributed by atoms with Gasteiger partial charge in [-0.1, -0.05) is 11.6 Å². The molecule has 2 aromatic carbocycles. The van der Waals surface area contributed by atoms with Crippen LogP contribution in [0.15, 0.2) is 51.4 Å². The molecule has 0 fully saturated rings. The molecule has 0 saturated carbocycles. The number of aromatic nitrogens is 2. The average molecular weight is 682 g/mol. The fraction of sp³-hybridized carbons (Fsp3) is 0.250. The van der Waals surface area contributed by atoms with Crippen LogP contribution in [0, 0.1) is 0 Å². The number of carbonyl (C=O) groups excluding carboxylic acids is 2. The van der Waals surface area contributed by atoms with Crippen molar-refractivity contribution in [3.63, 3.8) is 0 Å². The summed E-state index contributed by atoms with van der Waals surface area (Å²) in [4.78, 5) is 23.4. The van der Waals surface area contributed by atoms with Gasteiger partial charge in [0.15, 0.2) is 10.9 Å². The lowest BCUT2D eigenvalue weighted by Crippen LogP contribution is -2.48. The minimum atomic E-state index is -5.15. The van der Waals surface area contributed by atoms with Crippen LogP contribution in [-0.2, 0) is 27.2 Å². The summed E-state index contributed by atoms with van der Waals surface area (Å²) in [6.45, 7) is 0. The fourth-order valence-corrected chi connectivity index (χ4v) is 4.89. The molecule has 1 N–H and O–H groups in total. The second-order valence-corrected chi connectivity index (χ2v) is 9.84. The minimum absolute atomic E-state index is 0.263. The van der Waals surface area contributed by atoms with Gasteiger partial charge in [0.1, 0.15) is 17.5 Å². The van der Waals surface area contributed by atoms with E-state index in [2.05, 4.69) is 46.8 Å². The molecule has 1 atom stereocenters. The van der Waals surface area contributed by atoms with E-state index in [9.17, 15) is 22.8 Å². The first-order valence-corrected chi connectivity index (χ1v) is 12.6. The van der Waals surface area contributed by atoms with E-state index in [0.29, 0.717) is 43.9 Å². The number of hydrogen-bond donors (Lipinski definition) is 1. The summed E-state index contributed by atoms with van der Waals surface area (Å²) in [5.41, 5.74) is 1.85. The van der Waals surface area contributed by atoms with Crippen molar-refractivity contribution >= 4 is 55.3 Å². The molecule has 0 spiro atoms. The second-order valence-electron chi connectivity index (χ2n) is 7.74. The highest BCUT2D eigenvalue weighted by Crippen LogP contribution is 2.39. The van der Waals surface area contributed by atoms with Crippen molar-refractivity contribution in [2.45, 2.75) is 25.1 Å². The molecule has 202 valence electrons. The van der Waals surface area contributed by atoms with E-state index < -0.39 is 24.1 Å². The lowest BCUT2D eigenvalue weighted by atomic mass is 10.1. The Bertz CT molecular complexity index is 1300. The quantitative estimate of drug-likeness (QED) is 0.285. The van der Waals surface area contributed by atoms with E-state index in [0.717, 1.165) is 12.7 Å². The molecule has 0 saturated heterocycles. The fourth-order valence-electron chi connectivity index (χ4n) is 3.35. The van der Waals surface area contributed by atoms with Crippen molar-refractivity contribution in [1.82, 2.24) is 15.5 Å². The van der Waals surface area contributed by atoms with Crippen LogP contribution < -0.4 is 14.8 Å². The first kappa shape index (κ1) is 29.7. The predicted molar refractivity (Wildman–Crippen MR) is 138 cm³/mol.